The summed E-state index contributed by atoms with van der Waals surface area (Å²) < 4.78 is 27.4. The van der Waals surface area contributed by atoms with E-state index in [0.29, 0.717) is 23.0 Å². The van der Waals surface area contributed by atoms with E-state index in [4.69, 9.17) is 11.6 Å². The summed E-state index contributed by atoms with van der Waals surface area (Å²) in [4.78, 5) is 1.86. The Labute approximate surface area is 105 Å². The van der Waals surface area contributed by atoms with Gasteiger partial charge < -0.3 is 4.90 Å². The van der Waals surface area contributed by atoms with Crippen molar-refractivity contribution in [3.8, 4) is 0 Å². The molecule has 0 spiro atoms. The van der Waals surface area contributed by atoms with E-state index < -0.39 is 10.0 Å². The van der Waals surface area contributed by atoms with Crippen LogP contribution in [0, 0.1) is 0 Å². The van der Waals surface area contributed by atoms with Crippen LogP contribution in [0.15, 0.2) is 40.1 Å². The number of likely N-dealkylation sites (N-methyl/N-ethyl adjacent to an activating group) is 1. The molecule has 0 radical (unpaired) electrons. The predicted molar refractivity (Wildman–Crippen MR) is 68.0 cm³/mol. The van der Waals surface area contributed by atoms with E-state index in [9.17, 15) is 8.42 Å². The topological polar surface area (TPSA) is 49.7 Å². The summed E-state index contributed by atoms with van der Waals surface area (Å²) in [6.45, 7) is 4.11. The van der Waals surface area contributed by atoms with Gasteiger partial charge in [0, 0.05) is 13.6 Å². The standard InChI is InChI=1S/C11H11ClN2O2S/c1-3-7-14(2)11-10-8(12)5-4-6-9(10)17(15,16)13-11/h3-6H,1,7H2,2H3. The molecule has 0 N–H and O–H groups in total. The van der Waals surface area contributed by atoms with E-state index in [1.54, 1.807) is 30.2 Å². The maximum Gasteiger partial charge on any atom is 0.285 e. The first-order valence-corrected chi connectivity index (χ1v) is 6.75. The van der Waals surface area contributed by atoms with Gasteiger partial charge in [-0.2, -0.15) is 8.42 Å². The molecule has 1 heterocycles. The first-order chi connectivity index (χ1) is 7.97. The Hall–Kier alpha value is -1.33. The summed E-state index contributed by atoms with van der Waals surface area (Å²) in [5.74, 6) is 0.366. The normalized spacial score (nSPS) is 16.2. The molecule has 0 unspecified atom stereocenters. The largest absolute Gasteiger partial charge is 0.355 e. The quantitative estimate of drug-likeness (QED) is 0.772. The van der Waals surface area contributed by atoms with Crippen LogP contribution in [0.4, 0.5) is 0 Å². The molecular weight excluding hydrogens is 260 g/mol. The average molecular weight is 271 g/mol. The highest BCUT2D eigenvalue weighted by atomic mass is 35.5. The molecule has 2 rings (SSSR count). The number of sulfonamides is 1. The number of hydrogen-bond donors (Lipinski definition) is 0. The fourth-order valence-electron chi connectivity index (χ4n) is 1.69. The van der Waals surface area contributed by atoms with Crippen LogP contribution in [0.2, 0.25) is 5.02 Å². The molecule has 0 fully saturated rings. The van der Waals surface area contributed by atoms with Gasteiger partial charge in [0.15, 0.2) is 5.84 Å². The third-order valence-electron chi connectivity index (χ3n) is 2.45. The third-order valence-corrected chi connectivity index (χ3v) is 4.07. The Morgan fingerprint density at radius 2 is 2.24 bits per heavy atom. The fraction of sp³-hybridized carbons (Fsp3) is 0.182. The number of benzene rings is 1. The van der Waals surface area contributed by atoms with Gasteiger partial charge in [-0.25, -0.2) is 0 Å². The Morgan fingerprint density at radius 1 is 1.53 bits per heavy atom. The van der Waals surface area contributed by atoms with Gasteiger partial charge >= 0.3 is 0 Å². The zero-order valence-electron chi connectivity index (χ0n) is 9.22. The monoisotopic (exact) mass is 270 g/mol. The lowest BCUT2D eigenvalue weighted by Crippen LogP contribution is -2.26. The van der Waals surface area contributed by atoms with Crippen LogP contribution in [0.3, 0.4) is 0 Å². The van der Waals surface area contributed by atoms with E-state index in [1.807, 2.05) is 0 Å². The minimum Gasteiger partial charge on any atom is -0.355 e. The van der Waals surface area contributed by atoms with Crippen LogP contribution in [-0.4, -0.2) is 32.7 Å². The summed E-state index contributed by atoms with van der Waals surface area (Å²) in [5, 5.41) is 0.387. The van der Waals surface area contributed by atoms with Crippen LogP contribution in [0.5, 0.6) is 0 Å². The molecule has 6 heteroatoms. The average Bonchev–Trinajstić information content (AvgIpc) is 2.53. The predicted octanol–water partition coefficient (Wildman–Crippen LogP) is 1.91. The van der Waals surface area contributed by atoms with Crippen LogP contribution < -0.4 is 0 Å². The smallest absolute Gasteiger partial charge is 0.285 e. The maximum absolute atomic E-state index is 11.8. The van der Waals surface area contributed by atoms with Gasteiger partial charge in [0.05, 0.1) is 10.6 Å². The van der Waals surface area contributed by atoms with E-state index >= 15 is 0 Å². The van der Waals surface area contributed by atoms with Gasteiger partial charge in [0.2, 0.25) is 0 Å². The molecule has 1 aromatic rings. The molecule has 1 aromatic carbocycles. The minimum absolute atomic E-state index is 0.163. The van der Waals surface area contributed by atoms with Gasteiger partial charge in [-0.05, 0) is 12.1 Å². The highest BCUT2D eigenvalue weighted by Crippen LogP contribution is 2.32. The van der Waals surface area contributed by atoms with Gasteiger partial charge in [-0.15, -0.1) is 11.0 Å². The van der Waals surface area contributed by atoms with Crippen molar-refractivity contribution in [2.75, 3.05) is 13.6 Å². The van der Waals surface area contributed by atoms with E-state index in [2.05, 4.69) is 11.0 Å². The Morgan fingerprint density at radius 3 is 2.88 bits per heavy atom. The van der Waals surface area contributed by atoms with Crippen molar-refractivity contribution in [2.24, 2.45) is 4.40 Å². The lowest BCUT2D eigenvalue weighted by molar-refractivity contribution is 0.566. The number of amidine groups is 1. The summed E-state index contributed by atoms with van der Waals surface area (Å²) in [5.41, 5.74) is 0.471. The van der Waals surface area contributed by atoms with Gasteiger partial charge in [-0.1, -0.05) is 23.7 Å². The molecule has 1 aliphatic rings. The van der Waals surface area contributed by atoms with E-state index in [1.165, 1.54) is 6.07 Å². The summed E-state index contributed by atoms with van der Waals surface area (Å²) >= 11 is 6.04. The molecule has 0 saturated heterocycles. The number of fused-ring (bicyclic) bond motifs is 1. The number of nitrogens with zero attached hydrogens (tertiary/aromatic N) is 2. The molecule has 0 saturated carbocycles. The van der Waals surface area contributed by atoms with Gasteiger partial charge in [0.25, 0.3) is 10.0 Å². The van der Waals surface area contributed by atoms with Crippen molar-refractivity contribution in [3.63, 3.8) is 0 Å². The molecular formula is C11H11ClN2O2S. The highest BCUT2D eigenvalue weighted by molar-refractivity contribution is 7.90. The summed E-state index contributed by atoms with van der Waals surface area (Å²) in [7, 11) is -1.87. The van der Waals surface area contributed by atoms with Crippen molar-refractivity contribution >= 4 is 27.5 Å². The Bertz CT molecular complexity index is 608. The maximum atomic E-state index is 11.8. The molecule has 0 amide bonds. The Kier molecular flexibility index (Phi) is 2.97. The zero-order valence-corrected chi connectivity index (χ0v) is 10.8. The number of halogens is 1. The van der Waals surface area contributed by atoms with Crippen LogP contribution >= 0.6 is 11.6 Å². The summed E-state index contributed by atoms with van der Waals surface area (Å²) in [6.07, 6.45) is 1.67. The number of hydrogen-bond acceptors (Lipinski definition) is 3. The molecule has 0 aromatic heterocycles. The minimum atomic E-state index is -3.61. The second kappa shape index (κ2) is 4.16. The van der Waals surface area contributed by atoms with Crippen LogP contribution in [-0.2, 0) is 10.0 Å². The molecule has 17 heavy (non-hydrogen) atoms. The molecule has 4 nitrogen and oxygen atoms in total. The molecule has 90 valence electrons. The van der Waals surface area contributed by atoms with Crippen molar-refractivity contribution in [1.82, 2.24) is 4.90 Å². The summed E-state index contributed by atoms with van der Waals surface area (Å²) in [6, 6.07) is 4.76. The fourth-order valence-corrected chi connectivity index (χ4v) is 3.27. The second-order valence-electron chi connectivity index (χ2n) is 3.67. The number of rotatable bonds is 2. The van der Waals surface area contributed by atoms with Crippen molar-refractivity contribution in [1.29, 1.82) is 0 Å². The molecule has 0 bridgehead atoms. The first-order valence-electron chi connectivity index (χ1n) is 4.93. The molecule has 1 aliphatic heterocycles. The van der Waals surface area contributed by atoms with Gasteiger partial charge in [-0.3, -0.25) is 0 Å². The lowest BCUT2D eigenvalue weighted by Gasteiger charge is -2.17. The zero-order chi connectivity index (χ0) is 12.6. The van der Waals surface area contributed by atoms with Crippen molar-refractivity contribution in [2.45, 2.75) is 4.90 Å². The molecule has 0 aliphatic carbocycles. The first kappa shape index (κ1) is 12.1. The lowest BCUT2D eigenvalue weighted by atomic mass is 10.2. The van der Waals surface area contributed by atoms with Crippen LogP contribution in [0.25, 0.3) is 0 Å². The Balaban J connectivity index is 2.63. The SMILES string of the molecule is C=CCN(C)C1=NS(=O)(=O)c2cccc(Cl)c21. The van der Waals surface area contributed by atoms with Crippen LogP contribution in [0.1, 0.15) is 5.56 Å². The third kappa shape index (κ3) is 1.96. The van der Waals surface area contributed by atoms with E-state index in [0.717, 1.165) is 0 Å². The van der Waals surface area contributed by atoms with Gasteiger partial charge in [0.1, 0.15) is 4.90 Å². The molecule has 0 atom stereocenters. The van der Waals surface area contributed by atoms with Crippen molar-refractivity contribution < 1.29 is 8.42 Å². The highest BCUT2D eigenvalue weighted by Gasteiger charge is 2.32. The van der Waals surface area contributed by atoms with Crippen molar-refractivity contribution in [3.05, 3.63) is 41.4 Å². The second-order valence-corrected chi connectivity index (χ2v) is 5.65. The van der Waals surface area contributed by atoms with E-state index in [-0.39, 0.29) is 4.90 Å².